The zero-order valence-corrected chi connectivity index (χ0v) is 6.86. The Morgan fingerprint density at radius 3 is 2.77 bits per heavy atom. The van der Waals surface area contributed by atoms with Crippen LogP contribution in [0.2, 0.25) is 0 Å². The molecule has 0 fully saturated rings. The first-order valence-corrected chi connectivity index (χ1v) is 3.90. The summed E-state index contributed by atoms with van der Waals surface area (Å²) in [5, 5.41) is 0. The third-order valence-electron chi connectivity index (χ3n) is 2.04. The fourth-order valence-corrected chi connectivity index (χ4v) is 1.50. The van der Waals surface area contributed by atoms with Gasteiger partial charge in [-0.3, -0.25) is 4.79 Å². The number of nitrogens with zero attached hydrogens (tertiary/aromatic N) is 1. The highest BCUT2D eigenvalue weighted by Gasteiger charge is 2.30. The number of fused-ring (bicyclic) bond motifs is 1. The molecule has 1 aliphatic rings. The van der Waals surface area contributed by atoms with Gasteiger partial charge >= 0.3 is 6.03 Å². The highest BCUT2D eigenvalue weighted by Crippen LogP contribution is 2.27. The molecule has 0 aliphatic carbocycles. The Morgan fingerprint density at radius 2 is 2.08 bits per heavy atom. The Balaban J connectivity index is 2.52. The van der Waals surface area contributed by atoms with Crippen LogP contribution in [0.15, 0.2) is 24.3 Å². The lowest BCUT2D eigenvalue weighted by Gasteiger charge is -2.10. The number of imide groups is 1. The summed E-state index contributed by atoms with van der Waals surface area (Å²) in [6, 6.07) is 6.42. The van der Waals surface area contributed by atoms with E-state index in [9.17, 15) is 9.59 Å². The Labute approximate surface area is 74.9 Å². The van der Waals surface area contributed by atoms with Crippen molar-refractivity contribution in [2.45, 2.75) is 6.42 Å². The molecule has 0 aromatic heterocycles. The van der Waals surface area contributed by atoms with Gasteiger partial charge in [-0.15, -0.1) is 0 Å². The highest BCUT2D eigenvalue weighted by atomic mass is 16.2. The van der Waals surface area contributed by atoms with Crippen molar-refractivity contribution in [3.63, 3.8) is 0 Å². The van der Waals surface area contributed by atoms with Gasteiger partial charge in [-0.1, -0.05) is 18.2 Å². The summed E-state index contributed by atoms with van der Waals surface area (Å²) < 4.78 is 0. The van der Waals surface area contributed by atoms with Gasteiger partial charge in [0.2, 0.25) is 5.91 Å². The number of nitrogens with two attached hydrogens (primary N) is 1. The Bertz CT molecular complexity index is 387. The average Bonchev–Trinajstić information content (AvgIpc) is 2.39. The molecule has 1 heterocycles. The normalized spacial score (nSPS) is 14.5. The van der Waals surface area contributed by atoms with Crippen molar-refractivity contribution in [3.05, 3.63) is 29.8 Å². The number of amides is 3. The number of hydrogen-bond acceptors (Lipinski definition) is 2. The third kappa shape index (κ3) is 1.07. The van der Waals surface area contributed by atoms with E-state index in [0.717, 1.165) is 10.5 Å². The molecule has 2 rings (SSSR count). The molecule has 0 saturated heterocycles. The second-order valence-corrected chi connectivity index (χ2v) is 2.87. The number of carbonyl (C=O) groups excluding carboxylic acids is 2. The summed E-state index contributed by atoms with van der Waals surface area (Å²) >= 11 is 0. The predicted octanol–water partition coefficient (Wildman–Crippen LogP) is 0.654. The van der Waals surface area contributed by atoms with Crippen LogP contribution in [-0.2, 0) is 11.2 Å². The number of urea groups is 1. The van der Waals surface area contributed by atoms with E-state index in [-0.39, 0.29) is 12.3 Å². The first kappa shape index (κ1) is 7.79. The minimum Gasteiger partial charge on any atom is -0.351 e. The fraction of sp³-hybridized carbons (Fsp3) is 0.111. The molecule has 0 bridgehead atoms. The molecule has 0 radical (unpaired) electrons. The topological polar surface area (TPSA) is 63.4 Å². The average molecular weight is 176 g/mol. The van der Waals surface area contributed by atoms with Crippen molar-refractivity contribution in [1.82, 2.24) is 0 Å². The zero-order chi connectivity index (χ0) is 9.42. The van der Waals surface area contributed by atoms with Gasteiger partial charge < -0.3 is 5.73 Å². The maximum atomic E-state index is 11.3. The lowest BCUT2D eigenvalue weighted by atomic mass is 10.2. The van der Waals surface area contributed by atoms with E-state index in [1.807, 2.05) is 12.1 Å². The highest BCUT2D eigenvalue weighted by molar-refractivity contribution is 6.18. The van der Waals surface area contributed by atoms with Crippen LogP contribution in [0.25, 0.3) is 0 Å². The van der Waals surface area contributed by atoms with Gasteiger partial charge in [0.25, 0.3) is 0 Å². The van der Waals surface area contributed by atoms with Crippen LogP contribution >= 0.6 is 0 Å². The first-order valence-electron chi connectivity index (χ1n) is 3.90. The van der Waals surface area contributed by atoms with E-state index < -0.39 is 6.03 Å². The van der Waals surface area contributed by atoms with Crippen LogP contribution in [-0.4, -0.2) is 11.9 Å². The molecule has 3 amide bonds. The van der Waals surface area contributed by atoms with Gasteiger partial charge in [0.15, 0.2) is 0 Å². The molecular weight excluding hydrogens is 168 g/mol. The molecule has 4 heteroatoms. The van der Waals surface area contributed by atoms with Gasteiger partial charge in [0.1, 0.15) is 0 Å². The molecule has 0 saturated carbocycles. The number of rotatable bonds is 0. The molecule has 1 aromatic carbocycles. The smallest absolute Gasteiger partial charge is 0.326 e. The number of carbonyl (C=O) groups is 2. The monoisotopic (exact) mass is 176 g/mol. The van der Waals surface area contributed by atoms with Crippen molar-refractivity contribution < 1.29 is 9.59 Å². The number of anilines is 1. The molecule has 4 nitrogen and oxygen atoms in total. The van der Waals surface area contributed by atoms with E-state index in [4.69, 9.17) is 5.73 Å². The summed E-state index contributed by atoms with van der Waals surface area (Å²) in [5.41, 5.74) is 6.53. The van der Waals surface area contributed by atoms with E-state index in [1.165, 1.54) is 0 Å². The number of primary amides is 1. The minimum absolute atomic E-state index is 0.256. The molecule has 0 spiro atoms. The number of para-hydroxylation sites is 1. The molecule has 1 aliphatic heterocycles. The molecule has 66 valence electrons. The van der Waals surface area contributed by atoms with Crippen LogP contribution in [0.3, 0.4) is 0 Å². The molecule has 1 aromatic rings. The van der Waals surface area contributed by atoms with E-state index in [2.05, 4.69) is 0 Å². The molecule has 13 heavy (non-hydrogen) atoms. The number of hydrogen-bond donors (Lipinski definition) is 1. The summed E-state index contributed by atoms with van der Waals surface area (Å²) in [5.74, 6) is -0.256. The maximum absolute atomic E-state index is 11.3. The minimum atomic E-state index is -0.713. The lowest BCUT2D eigenvalue weighted by Crippen LogP contribution is -2.38. The standard InChI is InChI=1S/C9H8N2O2/c10-9(13)11-7-4-2-1-3-6(7)5-8(11)12/h1-4H,5H2,(H2,10,13). The van der Waals surface area contributed by atoms with Gasteiger partial charge in [0.05, 0.1) is 12.1 Å². The van der Waals surface area contributed by atoms with Crippen LogP contribution in [0, 0.1) is 0 Å². The second kappa shape index (κ2) is 2.58. The summed E-state index contributed by atoms with van der Waals surface area (Å²) in [6.07, 6.45) is 0.263. The van der Waals surface area contributed by atoms with Gasteiger partial charge in [-0.25, -0.2) is 9.69 Å². The third-order valence-corrected chi connectivity index (χ3v) is 2.04. The van der Waals surface area contributed by atoms with Crippen LogP contribution in [0.4, 0.5) is 10.5 Å². The zero-order valence-electron chi connectivity index (χ0n) is 6.86. The van der Waals surface area contributed by atoms with Crippen molar-refractivity contribution in [3.8, 4) is 0 Å². The van der Waals surface area contributed by atoms with Crippen LogP contribution < -0.4 is 10.6 Å². The second-order valence-electron chi connectivity index (χ2n) is 2.87. The van der Waals surface area contributed by atoms with Crippen molar-refractivity contribution in [2.75, 3.05) is 4.90 Å². The van der Waals surface area contributed by atoms with Gasteiger partial charge in [0, 0.05) is 0 Å². The van der Waals surface area contributed by atoms with Crippen LogP contribution in [0.5, 0.6) is 0 Å². The predicted molar refractivity (Wildman–Crippen MR) is 47.2 cm³/mol. The van der Waals surface area contributed by atoms with Crippen molar-refractivity contribution >= 4 is 17.6 Å². The van der Waals surface area contributed by atoms with Crippen LogP contribution in [0.1, 0.15) is 5.56 Å². The Hall–Kier alpha value is -1.84. The quantitative estimate of drug-likeness (QED) is 0.631. The summed E-state index contributed by atoms with van der Waals surface area (Å²) in [6.45, 7) is 0. The van der Waals surface area contributed by atoms with Gasteiger partial charge in [-0.2, -0.15) is 0 Å². The molecule has 0 atom stereocenters. The summed E-state index contributed by atoms with van der Waals surface area (Å²) in [7, 11) is 0. The maximum Gasteiger partial charge on any atom is 0.326 e. The molecule has 0 unspecified atom stereocenters. The largest absolute Gasteiger partial charge is 0.351 e. The SMILES string of the molecule is NC(=O)N1C(=O)Cc2ccccc21. The Kier molecular flexibility index (Phi) is 1.55. The molecule has 2 N–H and O–H groups in total. The van der Waals surface area contributed by atoms with Gasteiger partial charge in [-0.05, 0) is 11.6 Å². The van der Waals surface area contributed by atoms with E-state index in [0.29, 0.717) is 5.69 Å². The van der Waals surface area contributed by atoms with E-state index >= 15 is 0 Å². The number of benzene rings is 1. The summed E-state index contributed by atoms with van der Waals surface area (Å²) in [4.78, 5) is 23.2. The lowest BCUT2D eigenvalue weighted by molar-refractivity contribution is -0.116. The molecular formula is C9H8N2O2. The van der Waals surface area contributed by atoms with Crippen molar-refractivity contribution in [1.29, 1.82) is 0 Å². The fourth-order valence-electron chi connectivity index (χ4n) is 1.50. The van der Waals surface area contributed by atoms with Crippen molar-refractivity contribution in [2.24, 2.45) is 5.73 Å². The Morgan fingerprint density at radius 1 is 1.38 bits per heavy atom. The van der Waals surface area contributed by atoms with E-state index in [1.54, 1.807) is 12.1 Å². The first-order chi connectivity index (χ1) is 6.20.